The molecule has 3 aromatic heterocycles. The van der Waals surface area contributed by atoms with Crippen molar-refractivity contribution in [3.8, 4) is 17.0 Å². The molecule has 5 rings (SSSR count). The molecule has 0 fully saturated rings. The van der Waals surface area contributed by atoms with Crippen LogP contribution in [0, 0.1) is 0 Å². The van der Waals surface area contributed by atoms with E-state index in [1.807, 2.05) is 67.2 Å². The Bertz CT molecular complexity index is 1440. The minimum absolute atomic E-state index is 0.152. The molecule has 0 spiro atoms. The number of nitrogens with one attached hydrogen (secondary N) is 2. The summed E-state index contributed by atoms with van der Waals surface area (Å²) in [5.41, 5.74) is 5.25. The van der Waals surface area contributed by atoms with E-state index < -0.39 is 0 Å². The molecule has 0 radical (unpaired) electrons. The van der Waals surface area contributed by atoms with Gasteiger partial charge in [0.25, 0.3) is 5.91 Å². The Kier molecular flexibility index (Phi) is 4.82. The molecule has 2 N–H and O–H groups in total. The first kappa shape index (κ1) is 19.7. The van der Waals surface area contributed by atoms with E-state index in [1.165, 1.54) is 0 Å². The summed E-state index contributed by atoms with van der Waals surface area (Å²) in [5.74, 6) is 0.577. The van der Waals surface area contributed by atoms with Gasteiger partial charge in [-0.05, 0) is 48.9 Å². The number of hydrogen-bond acceptors (Lipinski definition) is 5. The lowest BCUT2D eigenvalue weighted by atomic mass is 10.1. The Morgan fingerprint density at radius 3 is 2.59 bits per heavy atom. The number of carbonyl (C=O) groups is 1. The molecular weight excluding hydrogens is 404 g/mol. The van der Waals surface area contributed by atoms with Gasteiger partial charge in [-0.15, -0.1) is 0 Å². The van der Waals surface area contributed by atoms with Crippen molar-refractivity contribution >= 4 is 27.8 Å². The van der Waals surface area contributed by atoms with Crippen LogP contribution >= 0.6 is 0 Å². The van der Waals surface area contributed by atoms with Crippen molar-refractivity contribution in [1.82, 2.24) is 30.0 Å². The molecule has 0 saturated carbocycles. The predicted molar refractivity (Wildman–Crippen MR) is 122 cm³/mol. The zero-order valence-electron chi connectivity index (χ0n) is 18.0. The first-order valence-electron chi connectivity index (χ1n) is 10.2. The van der Waals surface area contributed by atoms with Crippen molar-refractivity contribution in [2.24, 2.45) is 7.05 Å². The number of rotatable bonds is 5. The van der Waals surface area contributed by atoms with Crippen LogP contribution in [0.15, 0.2) is 60.9 Å². The monoisotopic (exact) mass is 426 g/mol. The molecule has 0 aliphatic carbocycles. The van der Waals surface area contributed by atoms with Gasteiger partial charge in [0.1, 0.15) is 5.75 Å². The van der Waals surface area contributed by atoms with E-state index in [2.05, 4.69) is 25.4 Å². The van der Waals surface area contributed by atoms with Gasteiger partial charge < -0.3 is 10.1 Å². The first-order valence-corrected chi connectivity index (χ1v) is 10.2. The molecule has 8 nitrogen and oxygen atoms in total. The van der Waals surface area contributed by atoms with Crippen LogP contribution in [-0.2, 0) is 7.05 Å². The fourth-order valence-electron chi connectivity index (χ4n) is 3.86. The normalized spacial score (nSPS) is 12.2. The van der Waals surface area contributed by atoms with Crippen LogP contribution < -0.4 is 10.1 Å². The predicted octanol–water partition coefficient (Wildman–Crippen LogP) is 4.01. The quantitative estimate of drug-likeness (QED) is 0.443. The summed E-state index contributed by atoms with van der Waals surface area (Å²) >= 11 is 0. The van der Waals surface area contributed by atoms with Crippen molar-refractivity contribution < 1.29 is 9.53 Å². The third-order valence-corrected chi connectivity index (χ3v) is 5.57. The minimum Gasteiger partial charge on any atom is -0.497 e. The lowest BCUT2D eigenvalue weighted by molar-refractivity contribution is 0.0930. The van der Waals surface area contributed by atoms with Gasteiger partial charge in [0.05, 0.1) is 35.4 Å². The number of benzene rings is 2. The fourth-order valence-corrected chi connectivity index (χ4v) is 3.86. The fraction of sp³-hybridized carbons (Fsp3) is 0.167. The molecule has 0 saturated heterocycles. The largest absolute Gasteiger partial charge is 0.497 e. The number of carbonyl (C=O) groups excluding carboxylic acids is 1. The van der Waals surface area contributed by atoms with Gasteiger partial charge in [-0.1, -0.05) is 12.1 Å². The van der Waals surface area contributed by atoms with Crippen LogP contribution in [0.25, 0.3) is 33.2 Å². The summed E-state index contributed by atoms with van der Waals surface area (Å²) in [5, 5.41) is 7.34. The molecular formula is C24H22N6O2. The minimum atomic E-state index is -0.318. The number of aromatic nitrogens is 5. The lowest BCUT2D eigenvalue weighted by Crippen LogP contribution is -2.27. The van der Waals surface area contributed by atoms with Gasteiger partial charge in [0.15, 0.2) is 0 Å². The highest BCUT2D eigenvalue weighted by atomic mass is 16.5. The number of fused-ring (bicyclic) bond motifs is 2. The number of nitrogens with zero attached hydrogens (tertiary/aromatic N) is 4. The molecule has 8 heteroatoms. The van der Waals surface area contributed by atoms with E-state index in [4.69, 9.17) is 4.74 Å². The highest BCUT2D eigenvalue weighted by Crippen LogP contribution is 2.30. The zero-order chi connectivity index (χ0) is 22.2. The van der Waals surface area contributed by atoms with Crippen molar-refractivity contribution in [2.75, 3.05) is 7.11 Å². The molecule has 0 bridgehead atoms. The van der Waals surface area contributed by atoms with Crippen LogP contribution in [0.4, 0.5) is 0 Å². The highest BCUT2D eigenvalue weighted by Gasteiger charge is 2.18. The maximum atomic E-state index is 12.9. The molecule has 3 heterocycles. The number of imidazole rings is 1. The number of pyridine rings is 1. The molecule has 0 unspecified atom stereocenters. The van der Waals surface area contributed by atoms with Gasteiger partial charge in [-0.2, -0.15) is 0 Å². The summed E-state index contributed by atoms with van der Waals surface area (Å²) < 4.78 is 7.20. The molecule has 5 aromatic rings. The summed E-state index contributed by atoms with van der Waals surface area (Å²) in [7, 11) is 3.56. The maximum absolute atomic E-state index is 12.9. The van der Waals surface area contributed by atoms with Gasteiger partial charge in [-0.3, -0.25) is 19.6 Å². The number of H-pyrrole nitrogens is 1. The topological polar surface area (TPSA) is 97.7 Å². The Balaban J connectivity index is 1.47. The van der Waals surface area contributed by atoms with Crippen molar-refractivity contribution in [3.63, 3.8) is 0 Å². The van der Waals surface area contributed by atoms with Gasteiger partial charge in [-0.25, -0.2) is 9.97 Å². The number of hydrogen-bond donors (Lipinski definition) is 2. The lowest BCUT2D eigenvalue weighted by Gasteiger charge is -2.14. The number of methoxy groups -OCH3 is 1. The number of ether oxygens (including phenoxy) is 1. The van der Waals surface area contributed by atoms with Crippen molar-refractivity contribution in [3.05, 3.63) is 72.3 Å². The molecule has 0 aliphatic heterocycles. The van der Waals surface area contributed by atoms with E-state index in [9.17, 15) is 4.79 Å². The number of aromatic amines is 1. The Morgan fingerprint density at radius 1 is 1.09 bits per heavy atom. The molecule has 1 amide bonds. The standard InChI is InChI=1S/C24H22N6O2/c1-14(16-5-4-6-17(11-16)32-3)26-24(31)23-27-19-12-18-21(13-20(19)28-23)30(2)29-22(18)15-7-9-25-10-8-15/h4-14,29H,1-3H3,(H,26,31)/t14-/m1/s1. The third-order valence-electron chi connectivity index (χ3n) is 5.57. The van der Waals surface area contributed by atoms with Crippen LogP contribution in [0.3, 0.4) is 0 Å². The van der Waals surface area contributed by atoms with Crippen LogP contribution in [0.1, 0.15) is 29.1 Å². The summed E-state index contributed by atoms with van der Waals surface area (Å²) in [6.45, 7) is 1.92. The molecule has 32 heavy (non-hydrogen) atoms. The third kappa shape index (κ3) is 3.45. The second-order valence-corrected chi connectivity index (χ2v) is 7.66. The van der Waals surface area contributed by atoms with Crippen LogP contribution in [0.2, 0.25) is 0 Å². The van der Waals surface area contributed by atoms with E-state index in [1.54, 1.807) is 19.5 Å². The van der Waals surface area contributed by atoms with Crippen LogP contribution in [0.5, 0.6) is 5.75 Å². The molecule has 0 aliphatic rings. The smallest absolute Gasteiger partial charge is 0.289 e. The average Bonchev–Trinajstić information content (AvgIpc) is 3.39. The maximum Gasteiger partial charge on any atom is 0.289 e. The average molecular weight is 426 g/mol. The molecule has 1 atom stereocenters. The number of aryl methyl sites for hydroxylation is 1. The molecule has 2 aromatic carbocycles. The van der Waals surface area contributed by atoms with Crippen molar-refractivity contribution in [2.45, 2.75) is 13.0 Å². The highest BCUT2D eigenvalue weighted by molar-refractivity contribution is 6.02. The number of amides is 1. The first-order chi connectivity index (χ1) is 15.5. The Hall–Kier alpha value is -4.20. The Morgan fingerprint density at radius 2 is 1.84 bits per heavy atom. The Labute approximate surface area is 184 Å². The summed E-state index contributed by atoms with van der Waals surface area (Å²) in [4.78, 5) is 25.9. The van der Waals surface area contributed by atoms with E-state index >= 15 is 0 Å². The van der Waals surface area contributed by atoms with E-state index in [0.717, 1.165) is 33.5 Å². The molecule has 160 valence electrons. The zero-order valence-corrected chi connectivity index (χ0v) is 18.0. The van der Waals surface area contributed by atoms with Gasteiger partial charge in [0, 0.05) is 30.4 Å². The van der Waals surface area contributed by atoms with E-state index in [-0.39, 0.29) is 17.8 Å². The van der Waals surface area contributed by atoms with Gasteiger partial charge in [0.2, 0.25) is 5.82 Å². The van der Waals surface area contributed by atoms with E-state index in [0.29, 0.717) is 11.0 Å². The summed E-state index contributed by atoms with van der Waals surface area (Å²) in [6, 6.07) is 15.2. The summed E-state index contributed by atoms with van der Waals surface area (Å²) in [6.07, 6.45) is 3.52. The van der Waals surface area contributed by atoms with Gasteiger partial charge >= 0.3 is 0 Å². The second kappa shape index (κ2) is 7.81. The second-order valence-electron chi connectivity index (χ2n) is 7.66. The van der Waals surface area contributed by atoms with Crippen molar-refractivity contribution in [1.29, 1.82) is 0 Å². The SMILES string of the molecule is COc1cccc([C@@H](C)NC(=O)c2nc3cc4c(-c5ccncc5)[nH]n(C)c4cc3n2)c1. The van der Waals surface area contributed by atoms with Crippen LogP contribution in [-0.4, -0.2) is 37.7 Å².